The number of nitrogens with zero attached hydrogens (tertiary/aromatic N) is 2. The minimum Gasteiger partial charge on any atom is -0.376 e. The number of carbonyl (C=O) groups excluding carboxylic acids is 2. The first-order chi connectivity index (χ1) is 14.7. The van der Waals surface area contributed by atoms with Crippen LogP contribution in [0.25, 0.3) is 10.9 Å². The summed E-state index contributed by atoms with van der Waals surface area (Å²) in [5, 5.41) is 0.938. The predicted molar refractivity (Wildman–Crippen MR) is 122 cm³/mol. The van der Waals surface area contributed by atoms with E-state index in [4.69, 9.17) is 10.5 Å². The van der Waals surface area contributed by atoms with Crippen molar-refractivity contribution in [1.29, 1.82) is 0 Å². The molecule has 1 aromatic heterocycles. The van der Waals surface area contributed by atoms with Crippen molar-refractivity contribution in [2.45, 2.75) is 44.8 Å². The highest BCUT2D eigenvalue weighted by atomic mass is 16.5. The first-order valence-corrected chi connectivity index (χ1v) is 10.6. The van der Waals surface area contributed by atoms with E-state index in [1.54, 1.807) is 16.5 Å². The number of hydrogen-bond donors (Lipinski definition) is 1. The van der Waals surface area contributed by atoms with Crippen LogP contribution in [0.1, 0.15) is 48.7 Å². The van der Waals surface area contributed by atoms with Gasteiger partial charge in [0.1, 0.15) is 12.2 Å². The molecule has 2 heterocycles. The highest BCUT2D eigenvalue weighted by molar-refractivity contribution is 6.08. The van der Waals surface area contributed by atoms with E-state index >= 15 is 0 Å². The van der Waals surface area contributed by atoms with Gasteiger partial charge < -0.3 is 19.9 Å². The van der Waals surface area contributed by atoms with E-state index in [1.165, 1.54) is 5.56 Å². The van der Waals surface area contributed by atoms with Crippen LogP contribution >= 0.6 is 0 Å². The molecule has 6 heteroatoms. The molecule has 0 bridgehead atoms. The zero-order chi connectivity index (χ0) is 22.2. The summed E-state index contributed by atoms with van der Waals surface area (Å²) in [6.07, 6.45) is 1.92. The number of primary amides is 1. The minimum absolute atomic E-state index is 0.0448. The molecule has 2 amide bonds. The van der Waals surface area contributed by atoms with E-state index in [1.807, 2.05) is 42.5 Å². The third-order valence-corrected chi connectivity index (χ3v) is 6.08. The van der Waals surface area contributed by atoms with Crippen LogP contribution in [0.15, 0.2) is 54.6 Å². The summed E-state index contributed by atoms with van der Waals surface area (Å²) in [6.45, 7) is 4.94. The predicted octanol–water partition coefficient (Wildman–Crippen LogP) is 4.08. The molecule has 0 unspecified atom stereocenters. The molecule has 0 radical (unpaired) electrons. The first kappa shape index (κ1) is 21.1. The fraction of sp³-hybridized carbons (Fsp3) is 0.360. The summed E-state index contributed by atoms with van der Waals surface area (Å²) >= 11 is 0. The zero-order valence-electron chi connectivity index (χ0n) is 18.3. The minimum atomic E-state index is -0.482. The molecule has 3 aromatic rings. The maximum absolute atomic E-state index is 13.3. The van der Waals surface area contributed by atoms with Crippen molar-refractivity contribution in [3.8, 4) is 0 Å². The van der Waals surface area contributed by atoms with Crippen molar-refractivity contribution < 1.29 is 14.3 Å². The van der Waals surface area contributed by atoms with Crippen molar-refractivity contribution in [2.24, 2.45) is 5.73 Å². The molecule has 1 aliphatic rings. The number of hydrogen-bond acceptors (Lipinski definition) is 3. The van der Waals surface area contributed by atoms with Gasteiger partial charge in [-0.05, 0) is 68.5 Å². The van der Waals surface area contributed by atoms with Crippen LogP contribution in [0.4, 0.5) is 5.69 Å². The Balaban J connectivity index is 1.74. The SMILES string of the molecule is CN(C(=O)c1cc2cc([C@H]3CCOC(C)(C)C3)ccc2n1CC(N)=O)c1ccccc1. The molecule has 0 aliphatic carbocycles. The number of anilines is 1. The van der Waals surface area contributed by atoms with E-state index in [0.717, 1.165) is 36.0 Å². The lowest BCUT2D eigenvalue weighted by atomic mass is 9.83. The van der Waals surface area contributed by atoms with Crippen LogP contribution < -0.4 is 10.6 Å². The Kier molecular flexibility index (Phi) is 5.58. The largest absolute Gasteiger partial charge is 0.376 e. The third kappa shape index (κ3) is 4.35. The smallest absolute Gasteiger partial charge is 0.274 e. The highest BCUT2D eigenvalue weighted by Gasteiger charge is 2.30. The van der Waals surface area contributed by atoms with Crippen LogP contribution in [0.2, 0.25) is 0 Å². The number of benzene rings is 2. The number of rotatable bonds is 5. The average Bonchev–Trinajstić information content (AvgIpc) is 3.09. The highest BCUT2D eigenvalue weighted by Crippen LogP contribution is 2.37. The summed E-state index contributed by atoms with van der Waals surface area (Å²) in [6, 6.07) is 17.5. The standard InChI is InChI=1S/C25H29N3O3/c1-25(2)15-18(11-12-31-25)17-9-10-21-19(13-17)14-22(28(21)16-23(26)29)24(30)27(3)20-7-5-4-6-8-20/h4-10,13-14,18H,11-12,15-16H2,1-3H3,(H2,26,29)/t18-/m0/s1. The van der Waals surface area contributed by atoms with Gasteiger partial charge in [-0.2, -0.15) is 0 Å². The van der Waals surface area contributed by atoms with Crippen LogP contribution in [0.5, 0.6) is 0 Å². The molecule has 6 nitrogen and oxygen atoms in total. The van der Waals surface area contributed by atoms with E-state index in [-0.39, 0.29) is 18.1 Å². The topological polar surface area (TPSA) is 77.6 Å². The Morgan fingerprint density at radius 3 is 2.58 bits per heavy atom. The van der Waals surface area contributed by atoms with Gasteiger partial charge in [0.25, 0.3) is 5.91 Å². The Hall–Kier alpha value is -3.12. The van der Waals surface area contributed by atoms with Gasteiger partial charge in [-0.3, -0.25) is 9.59 Å². The maximum Gasteiger partial charge on any atom is 0.274 e. The number of aromatic nitrogens is 1. The quantitative estimate of drug-likeness (QED) is 0.677. The Morgan fingerprint density at radius 2 is 1.90 bits per heavy atom. The molecule has 31 heavy (non-hydrogen) atoms. The molecule has 162 valence electrons. The molecule has 4 rings (SSSR count). The van der Waals surface area contributed by atoms with Crippen molar-refractivity contribution in [3.05, 3.63) is 65.9 Å². The molecule has 1 saturated heterocycles. The average molecular weight is 420 g/mol. The van der Waals surface area contributed by atoms with Crippen LogP contribution in [-0.4, -0.2) is 35.6 Å². The monoisotopic (exact) mass is 419 g/mol. The summed E-state index contributed by atoms with van der Waals surface area (Å²) < 4.78 is 7.59. The summed E-state index contributed by atoms with van der Waals surface area (Å²) in [5.41, 5.74) is 8.66. The molecule has 2 N–H and O–H groups in total. The van der Waals surface area contributed by atoms with Gasteiger partial charge in [-0.1, -0.05) is 24.3 Å². The molecule has 1 aliphatic heterocycles. The second-order valence-electron chi connectivity index (χ2n) is 8.90. The second-order valence-corrected chi connectivity index (χ2v) is 8.90. The van der Waals surface area contributed by atoms with Crippen molar-refractivity contribution in [3.63, 3.8) is 0 Å². The lowest BCUT2D eigenvalue weighted by molar-refractivity contribution is -0.118. The molecular formula is C25H29N3O3. The Morgan fingerprint density at radius 1 is 1.16 bits per heavy atom. The fourth-order valence-corrected chi connectivity index (χ4v) is 4.50. The van der Waals surface area contributed by atoms with Gasteiger partial charge in [0.2, 0.25) is 5.91 Å². The third-order valence-electron chi connectivity index (χ3n) is 6.08. The Bertz CT molecular complexity index is 1120. The van der Waals surface area contributed by atoms with Gasteiger partial charge in [0.15, 0.2) is 0 Å². The van der Waals surface area contributed by atoms with E-state index in [0.29, 0.717) is 11.6 Å². The first-order valence-electron chi connectivity index (χ1n) is 10.6. The zero-order valence-corrected chi connectivity index (χ0v) is 18.3. The van der Waals surface area contributed by atoms with E-state index in [9.17, 15) is 9.59 Å². The van der Waals surface area contributed by atoms with Gasteiger partial charge in [0, 0.05) is 30.2 Å². The molecule has 1 fully saturated rings. The number of nitrogens with two attached hydrogens (primary N) is 1. The number of carbonyl (C=O) groups is 2. The summed E-state index contributed by atoms with van der Waals surface area (Å²) in [7, 11) is 1.74. The van der Waals surface area contributed by atoms with E-state index in [2.05, 4.69) is 26.0 Å². The van der Waals surface area contributed by atoms with Crippen molar-refractivity contribution in [1.82, 2.24) is 4.57 Å². The van der Waals surface area contributed by atoms with E-state index < -0.39 is 5.91 Å². The number of fused-ring (bicyclic) bond motifs is 1. The normalized spacial score (nSPS) is 18.1. The van der Waals surface area contributed by atoms with Gasteiger partial charge in [-0.15, -0.1) is 0 Å². The lowest BCUT2D eigenvalue weighted by Gasteiger charge is -2.35. The second kappa shape index (κ2) is 8.19. The van der Waals surface area contributed by atoms with Gasteiger partial charge in [-0.25, -0.2) is 0 Å². The molecule has 1 atom stereocenters. The van der Waals surface area contributed by atoms with Gasteiger partial charge >= 0.3 is 0 Å². The number of amides is 2. The maximum atomic E-state index is 13.3. The molecule has 0 spiro atoms. The van der Waals surface area contributed by atoms with Crippen molar-refractivity contribution >= 4 is 28.4 Å². The lowest BCUT2D eigenvalue weighted by Crippen LogP contribution is -2.32. The van der Waals surface area contributed by atoms with Crippen molar-refractivity contribution in [2.75, 3.05) is 18.6 Å². The molecule has 0 saturated carbocycles. The van der Waals surface area contributed by atoms with Crippen LogP contribution in [0, 0.1) is 0 Å². The number of ether oxygens (including phenoxy) is 1. The molecule has 2 aromatic carbocycles. The number of para-hydroxylation sites is 1. The Labute approximate surface area is 182 Å². The molecular weight excluding hydrogens is 390 g/mol. The summed E-state index contributed by atoms with van der Waals surface area (Å²) in [4.78, 5) is 26.7. The fourth-order valence-electron chi connectivity index (χ4n) is 4.50. The van der Waals surface area contributed by atoms with Crippen LogP contribution in [-0.2, 0) is 16.1 Å². The van der Waals surface area contributed by atoms with Gasteiger partial charge in [0.05, 0.1) is 5.60 Å². The van der Waals surface area contributed by atoms with Crippen LogP contribution in [0.3, 0.4) is 0 Å². The summed E-state index contributed by atoms with van der Waals surface area (Å²) in [5.74, 6) is -0.264.